The van der Waals surface area contributed by atoms with Gasteiger partial charge in [0.1, 0.15) is 0 Å². The summed E-state index contributed by atoms with van der Waals surface area (Å²) in [4.78, 5) is 58.3. The SMILES string of the molecule is CCCCC[C@H](CN(O)C=O)C(=O)NNC(=O)C1NC(=O)N(C)C1=O. The zero-order valence-electron chi connectivity index (χ0n) is 14.2. The molecule has 140 valence electrons. The number of hydroxylamine groups is 2. The molecular weight excluding hydrogens is 334 g/mol. The molecule has 2 atom stereocenters. The maximum absolute atomic E-state index is 12.2. The molecule has 11 nitrogen and oxygen atoms in total. The van der Waals surface area contributed by atoms with Gasteiger partial charge in [-0.3, -0.25) is 40.1 Å². The van der Waals surface area contributed by atoms with Gasteiger partial charge in [-0.15, -0.1) is 0 Å². The normalized spacial score (nSPS) is 17.7. The van der Waals surface area contributed by atoms with Crippen LogP contribution in [0.2, 0.25) is 0 Å². The highest BCUT2D eigenvalue weighted by Gasteiger charge is 2.40. The number of carbonyl (C=O) groups is 5. The molecule has 1 aliphatic rings. The summed E-state index contributed by atoms with van der Waals surface area (Å²) in [5.74, 6) is -2.98. The molecule has 0 aromatic carbocycles. The van der Waals surface area contributed by atoms with E-state index in [1.807, 2.05) is 6.92 Å². The lowest BCUT2D eigenvalue weighted by molar-refractivity contribution is -0.155. The molecule has 0 saturated carbocycles. The molecule has 0 bridgehead atoms. The number of unbranched alkanes of at least 4 members (excludes halogenated alkanes) is 2. The average molecular weight is 357 g/mol. The Morgan fingerprint density at radius 3 is 2.56 bits per heavy atom. The number of likely N-dealkylation sites (N-methyl/N-ethyl adjacent to an activating group) is 1. The van der Waals surface area contributed by atoms with E-state index in [1.165, 1.54) is 7.05 Å². The van der Waals surface area contributed by atoms with Gasteiger partial charge < -0.3 is 5.32 Å². The van der Waals surface area contributed by atoms with Crippen molar-refractivity contribution in [3.63, 3.8) is 0 Å². The van der Waals surface area contributed by atoms with Crippen LogP contribution in [0.3, 0.4) is 0 Å². The lowest BCUT2D eigenvalue weighted by Crippen LogP contribution is -2.53. The van der Waals surface area contributed by atoms with Crippen LogP contribution in [0, 0.1) is 5.92 Å². The van der Waals surface area contributed by atoms with Crippen molar-refractivity contribution in [2.24, 2.45) is 5.92 Å². The molecule has 1 saturated heterocycles. The summed E-state index contributed by atoms with van der Waals surface area (Å²) in [6.45, 7) is 1.76. The van der Waals surface area contributed by atoms with Crippen LogP contribution in [0.4, 0.5) is 4.79 Å². The molecule has 11 heteroatoms. The Balaban J connectivity index is 2.57. The van der Waals surface area contributed by atoms with Gasteiger partial charge in [-0.2, -0.15) is 0 Å². The molecule has 1 unspecified atom stereocenters. The molecule has 0 spiro atoms. The van der Waals surface area contributed by atoms with Crippen molar-refractivity contribution in [3.05, 3.63) is 0 Å². The van der Waals surface area contributed by atoms with Crippen LogP contribution in [0.5, 0.6) is 0 Å². The molecule has 0 radical (unpaired) electrons. The minimum Gasteiger partial charge on any atom is -0.318 e. The predicted molar refractivity (Wildman–Crippen MR) is 83.6 cm³/mol. The van der Waals surface area contributed by atoms with Crippen LogP contribution in [0.15, 0.2) is 0 Å². The molecule has 6 amide bonds. The van der Waals surface area contributed by atoms with Gasteiger partial charge in [0.25, 0.3) is 11.8 Å². The zero-order valence-corrected chi connectivity index (χ0v) is 14.2. The summed E-state index contributed by atoms with van der Waals surface area (Å²) in [6, 6.07) is -2.13. The van der Waals surface area contributed by atoms with Crippen LogP contribution in [0.25, 0.3) is 0 Å². The molecular formula is C14H23N5O6. The Kier molecular flexibility index (Phi) is 7.79. The quantitative estimate of drug-likeness (QED) is 0.101. The van der Waals surface area contributed by atoms with Crippen molar-refractivity contribution in [2.75, 3.05) is 13.6 Å². The van der Waals surface area contributed by atoms with Crippen LogP contribution in [0.1, 0.15) is 32.6 Å². The fourth-order valence-corrected chi connectivity index (χ4v) is 2.27. The molecule has 4 N–H and O–H groups in total. The fraction of sp³-hybridized carbons (Fsp3) is 0.643. The second kappa shape index (κ2) is 9.57. The topological polar surface area (TPSA) is 148 Å². The van der Waals surface area contributed by atoms with Crippen molar-refractivity contribution in [1.29, 1.82) is 0 Å². The number of hydrogen-bond donors (Lipinski definition) is 4. The summed E-state index contributed by atoms with van der Waals surface area (Å²) in [7, 11) is 1.22. The second-order valence-corrected chi connectivity index (χ2v) is 5.68. The monoisotopic (exact) mass is 357 g/mol. The minimum absolute atomic E-state index is 0.182. The molecule has 0 aromatic rings. The zero-order chi connectivity index (χ0) is 19.0. The predicted octanol–water partition coefficient (Wildman–Crippen LogP) is -1.27. The number of nitrogens with zero attached hydrogens (tertiary/aromatic N) is 2. The van der Waals surface area contributed by atoms with E-state index in [-0.39, 0.29) is 13.0 Å². The lowest BCUT2D eigenvalue weighted by Gasteiger charge is -2.20. The van der Waals surface area contributed by atoms with Crippen LogP contribution >= 0.6 is 0 Å². The highest BCUT2D eigenvalue weighted by Crippen LogP contribution is 2.11. The van der Waals surface area contributed by atoms with Gasteiger partial charge in [0.2, 0.25) is 12.3 Å². The highest BCUT2D eigenvalue weighted by atomic mass is 16.5. The van der Waals surface area contributed by atoms with E-state index in [4.69, 9.17) is 0 Å². The summed E-state index contributed by atoms with van der Waals surface area (Å²) < 4.78 is 0. The molecule has 1 fully saturated rings. The number of rotatable bonds is 9. The van der Waals surface area contributed by atoms with E-state index < -0.39 is 35.7 Å². The fourth-order valence-electron chi connectivity index (χ4n) is 2.27. The number of nitrogens with one attached hydrogen (secondary N) is 3. The standard InChI is InChI=1S/C14H23N5O6/c1-3-4-5-6-9(7-19(25)8-20)11(21)16-17-12(22)10-13(23)18(2)14(24)15-10/h8-10,25H,3-7H2,1-2H3,(H,15,24)(H,16,21)(H,17,22)/t9-,10?/m1/s1. The Morgan fingerprint density at radius 1 is 1.36 bits per heavy atom. The van der Waals surface area contributed by atoms with E-state index in [2.05, 4.69) is 16.2 Å². The van der Waals surface area contributed by atoms with Gasteiger partial charge >= 0.3 is 6.03 Å². The van der Waals surface area contributed by atoms with Gasteiger partial charge in [-0.05, 0) is 6.42 Å². The number of urea groups is 1. The number of hydrogen-bond acceptors (Lipinski definition) is 6. The van der Waals surface area contributed by atoms with Gasteiger partial charge in [-0.25, -0.2) is 9.86 Å². The van der Waals surface area contributed by atoms with Crippen LogP contribution in [-0.4, -0.2) is 65.0 Å². The van der Waals surface area contributed by atoms with Crippen LogP contribution < -0.4 is 16.2 Å². The first-order chi connectivity index (χ1) is 11.8. The van der Waals surface area contributed by atoms with Gasteiger partial charge in [0.05, 0.1) is 12.5 Å². The molecule has 0 aliphatic carbocycles. The first-order valence-electron chi connectivity index (χ1n) is 7.90. The van der Waals surface area contributed by atoms with Gasteiger partial charge in [0, 0.05) is 7.05 Å². The van der Waals surface area contributed by atoms with Crippen molar-refractivity contribution >= 4 is 30.2 Å². The first kappa shape index (κ1) is 20.4. The van der Waals surface area contributed by atoms with Crippen molar-refractivity contribution in [1.82, 2.24) is 26.1 Å². The molecule has 1 rings (SSSR count). The molecule has 0 aromatic heterocycles. The summed E-state index contributed by atoms with van der Waals surface area (Å²) >= 11 is 0. The number of carbonyl (C=O) groups excluding carboxylic acids is 5. The molecule has 1 aliphatic heterocycles. The summed E-state index contributed by atoms with van der Waals surface area (Å²) in [5.41, 5.74) is 4.22. The van der Waals surface area contributed by atoms with Crippen molar-refractivity contribution in [3.8, 4) is 0 Å². The maximum atomic E-state index is 12.2. The lowest BCUT2D eigenvalue weighted by atomic mass is 10.0. The Morgan fingerprint density at radius 2 is 2.04 bits per heavy atom. The number of hydrazine groups is 1. The Labute approximate surface area is 144 Å². The van der Waals surface area contributed by atoms with Crippen LogP contribution in [-0.2, 0) is 19.2 Å². The minimum atomic E-state index is -1.42. The third kappa shape index (κ3) is 5.71. The third-order valence-electron chi connectivity index (χ3n) is 3.78. The van der Waals surface area contributed by atoms with E-state index in [0.29, 0.717) is 17.9 Å². The Hall–Kier alpha value is -2.69. The largest absolute Gasteiger partial charge is 0.324 e. The summed E-state index contributed by atoms with van der Waals surface area (Å²) in [5, 5.41) is 11.8. The van der Waals surface area contributed by atoms with E-state index >= 15 is 0 Å². The third-order valence-corrected chi connectivity index (χ3v) is 3.78. The number of amides is 6. The average Bonchev–Trinajstić information content (AvgIpc) is 2.85. The smallest absolute Gasteiger partial charge is 0.318 e. The first-order valence-corrected chi connectivity index (χ1v) is 7.90. The van der Waals surface area contributed by atoms with Gasteiger partial charge in [0.15, 0.2) is 6.04 Å². The van der Waals surface area contributed by atoms with Gasteiger partial charge in [-0.1, -0.05) is 26.2 Å². The second-order valence-electron chi connectivity index (χ2n) is 5.68. The van der Waals surface area contributed by atoms with Crippen molar-refractivity contribution < 1.29 is 29.2 Å². The van der Waals surface area contributed by atoms with Crippen molar-refractivity contribution in [2.45, 2.75) is 38.6 Å². The van der Waals surface area contributed by atoms with E-state index in [0.717, 1.165) is 17.7 Å². The van der Waals surface area contributed by atoms with E-state index in [9.17, 15) is 29.2 Å². The highest BCUT2D eigenvalue weighted by molar-refractivity contribution is 6.15. The van der Waals surface area contributed by atoms with E-state index in [1.54, 1.807) is 0 Å². The maximum Gasteiger partial charge on any atom is 0.324 e. The summed E-state index contributed by atoms with van der Waals surface area (Å²) in [6.07, 6.45) is 3.09. The number of imide groups is 1. The molecule has 25 heavy (non-hydrogen) atoms. The molecule has 1 heterocycles. The Bertz CT molecular complexity index is 540.